The van der Waals surface area contributed by atoms with Crippen molar-refractivity contribution in [2.75, 3.05) is 11.9 Å². The Morgan fingerprint density at radius 2 is 1.84 bits per heavy atom. The Balaban J connectivity index is 1.48. The summed E-state index contributed by atoms with van der Waals surface area (Å²) in [4.78, 5) is 29.9. The van der Waals surface area contributed by atoms with Crippen molar-refractivity contribution < 1.29 is 22.8 Å². The van der Waals surface area contributed by atoms with Crippen LogP contribution in [0.4, 0.5) is 18.9 Å². The predicted octanol–water partition coefficient (Wildman–Crippen LogP) is 5.50. The maximum atomic E-state index is 13.1. The summed E-state index contributed by atoms with van der Waals surface area (Å²) in [7, 11) is 0. The molecule has 2 N–H and O–H groups in total. The van der Waals surface area contributed by atoms with Crippen molar-refractivity contribution >= 4 is 39.1 Å². The van der Waals surface area contributed by atoms with E-state index in [9.17, 15) is 22.8 Å². The van der Waals surface area contributed by atoms with Crippen molar-refractivity contribution in [1.29, 1.82) is 0 Å². The molecule has 1 saturated carbocycles. The summed E-state index contributed by atoms with van der Waals surface area (Å²) >= 11 is 1.61. The molecule has 0 radical (unpaired) electrons. The molecule has 9 heteroatoms. The third kappa shape index (κ3) is 5.27. The molecule has 0 bridgehead atoms. The van der Waals surface area contributed by atoms with E-state index in [4.69, 9.17) is 4.98 Å². The molecule has 2 atom stereocenters. The number of nitrogens with zero attached hydrogens (tertiary/aromatic N) is 1. The Morgan fingerprint density at radius 3 is 2.62 bits per heavy atom. The number of halogens is 3. The number of nitrogens with one attached hydrogen (secondary N) is 2. The molecule has 1 aliphatic carbocycles. The van der Waals surface area contributed by atoms with E-state index >= 15 is 0 Å². The quantitative estimate of drug-likeness (QED) is 0.527. The highest BCUT2D eigenvalue weighted by Gasteiger charge is 2.34. The summed E-state index contributed by atoms with van der Waals surface area (Å²) in [5.41, 5.74) is 1.36. The van der Waals surface area contributed by atoms with Gasteiger partial charge in [-0.05, 0) is 43.2 Å². The number of carbonyl (C=O) groups is 2. The smallest absolute Gasteiger partial charge is 0.343 e. The fourth-order valence-electron chi connectivity index (χ4n) is 4.04. The minimum atomic E-state index is -4.49. The van der Waals surface area contributed by atoms with Gasteiger partial charge in [-0.2, -0.15) is 13.2 Å². The molecular formula is C23H22F3N3O2S. The Hall–Kier alpha value is -2.94. The fraction of sp³-hybridized carbons (Fsp3) is 0.348. The third-order valence-electron chi connectivity index (χ3n) is 5.57. The van der Waals surface area contributed by atoms with E-state index in [0.717, 1.165) is 40.9 Å². The van der Waals surface area contributed by atoms with Gasteiger partial charge < -0.3 is 10.6 Å². The molecule has 0 aliphatic heterocycles. The van der Waals surface area contributed by atoms with Gasteiger partial charge >= 0.3 is 6.18 Å². The van der Waals surface area contributed by atoms with E-state index in [2.05, 4.69) is 5.32 Å². The summed E-state index contributed by atoms with van der Waals surface area (Å²) in [6, 6.07) is 13.8. The minimum Gasteiger partial charge on any atom is -0.343 e. The van der Waals surface area contributed by atoms with E-state index in [1.807, 2.05) is 29.6 Å². The summed E-state index contributed by atoms with van der Waals surface area (Å²) < 4.78 is 38.2. The van der Waals surface area contributed by atoms with Crippen LogP contribution in [0.5, 0.6) is 0 Å². The Kier molecular flexibility index (Phi) is 6.45. The lowest BCUT2D eigenvalue weighted by Crippen LogP contribution is -2.33. The molecule has 1 aliphatic rings. The summed E-state index contributed by atoms with van der Waals surface area (Å²) in [6.07, 6.45) is -0.910. The standard InChI is InChI=1S/C23H22F3N3O2S/c24-23(25,26)13-27-20(30)14-6-5-7-15(12-14)28-21(31)16-8-1-2-9-17(16)22-29-18-10-3-4-11-19(18)32-22/h3-7,10-12,16-17H,1-2,8-9,13H2,(H,27,30)(H,28,31). The van der Waals surface area contributed by atoms with Gasteiger partial charge in [0.2, 0.25) is 5.91 Å². The first-order valence-electron chi connectivity index (χ1n) is 10.4. The zero-order valence-electron chi connectivity index (χ0n) is 17.1. The van der Waals surface area contributed by atoms with E-state index < -0.39 is 18.6 Å². The third-order valence-corrected chi connectivity index (χ3v) is 6.74. The van der Waals surface area contributed by atoms with Gasteiger partial charge in [-0.3, -0.25) is 9.59 Å². The first-order valence-corrected chi connectivity index (χ1v) is 11.2. The highest BCUT2D eigenvalue weighted by atomic mass is 32.1. The van der Waals surface area contributed by atoms with Gasteiger partial charge in [0.25, 0.3) is 5.91 Å². The van der Waals surface area contributed by atoms with Crippen LogP contribution in [0.2, 0.25) is 0 Å². The molecule has 2 aromatic carbocycles. The highest BCUT2D eigenvalue weighted by Crippen LogP contribution is 2.41. The molecule has 1 fully saturated rings. The Morgan fingerprint density at radius 1 is 1.06 bits per heavy atom. The molecular weight excluding hydrogens is 439 g/mol. The molecule has 0 spiro atoms. The molecule has 0 saturated heterocycles. The average Bonchev–Trinajstić information content (AvgIpc) is 3.21. The first kappa shape index (κ1) is 22.3. The molecule has 168 valence electrons. The fourth-order valence-corrected chi connectivity index (χ4v) is 5.21. The van der Waals surface area contributed by atoms with E-state index in [0.29, 0.717) is 5.69 Å². The number of hydrogen-bond acceptors (Lipinski definition) is 4. The second kappa shape index (κ2) is 9.28. The SMILES string of the molecule is O=C(NCC(F)(F)F)c1cccc(NC(=O)C2CCCCC2c2nc3ccccc3s2)c1. The molecule has 2 unspecified atom stereocenters. The second-order valence-corrected chi connectivity index (χ2v) is 8.95. The van der Waals surface area contributed by atoms with Crippen LogP contribution < -0.4 is 10.6 Å². The van der Waals surface area contributed by atoms with E-state index in [-0.39, 0.29) is 23.3 Å². The number of fused-ring (bicyclic) bond motifs is 1. The number of rotatable bonds is 5. The topological polar surface area (TPSA) is 71.1 Å². The molecule has 2 amide bonds. The van der Waals surface area contributed by atoms with Gasteiger partial charge in [0, 0.05) is 23.1 Å². The van der Waals surface area contributed by atoms with Crippen LogP contribution in [0.15, 0.2) is 48.5 Å². The number of anilines is 1. The number of carbonyl (C=O) groups excluding carboxylic acids is 2. The van der Waals surface area contributed by atoms with Crippen LogP contribution in [0, 0.1) is 5.92 Å². The zero-order chi connectivity index (χ0) is 22.7. The lowest BCUT2D eigenvalue weighted by atomic mass is 9.79. The zero-order valence-corrected chi connectivity index (χ0v) is 17.9. The van der Waals surface area contributed by atoms with Crippen LogP contribution in [-0.4, -0.2) is 29.5 Å². The first-order chi connectivity index (χ1) is 15.3. The molecule has 1 heterocycles. The van der Waals surface area contributed by atoms with Crippen molar-refractivity contribution in [3.05, 3.63) is 59.1 Å². The number of amides is 2. The van der Waals surface area contributed by atoms with Crippen LogP contribution in [0.3, 0.4) is 0 Å². The number of aromatic nitrogens is 1. The summed E-state index contributed by atoms with van der Waals surface area (Å²) in [5, 5.41) is 5.64. The van der Waals surface area contributed by atoms with Crippen LogP contribution in [0.25, 0.3) is 10.2 Å². The summed E-state index contributed by atoms with van der Waals surface area (Å²) in [6.45, 7) is -1.41. The Bertz CT molecular complexity index is 1100. The number of benzene rings is 2. The van der Waals surface area contributed by atoms with Crippen LogP contribution in [0.1, 0.15) is 47.0 Å². The van der Waals surface area contributed by atoms with Gasteiger partial charge in [-0.25, -0.2) is 4.98 Å². The van der Waals surface area contributed by atoms with Crippen LogP contribution in [-0.2, 0) is 4.79 Å². The lowest BCUT2D eigenvalue weighted by Gasteiger charge is -2.29. The number of alkyl halides is 3. The maximum absolute atomic E-state index is 13.1. The highest BCUT2D eigenvalue weighted by molar-refractivity contribution is 7.18. The molecule has 5 nitrogen and oxygen atoms in total. The van der Waals surface area contributed by atoms with Crippen molar-refractivity contribution in [3.8, 4) is 0 Å². The number of thiazole rings is 1. The van der Waals surface area contributed by atoms with Crippen molar-refractivity contribution in [2.45, 2.75) is 37.8 Å². The van der Waals surface area contributed by atoms with E-state index in [1.165, 1.54) is 18.2 Å². The van der Waals surface area contributed by atoms with Crippen molar-refractivity contribution in [3.63, 3.8) is 0 Å². The van der Waals surface area contributed by atoms with Crippen molar-refractivity contribution in [2.24, 2.45) is 5.92 Å². The van der Waals surface area contributed by atoms with E-state index in [1.54, 1.807) is 17.4 Å². The monoisotopic (exact) mass is 461 g/mol. The van der Waals surface area contributed by atoms with Gasteiger partial charge in [0.05, 0.1) is 15.2 Å². The summed E-state index contributed by atoms with van der Waals surface area (Å²) in [5.74, 6) is -1.25. The van der Waals surface area contributed by atoms with Gasteiger partial charge in [0.15, 0.2) is 0 Å². The minimum absolute atomic E-state index is 0.0133. The second-order valence-electron chi connectivity index (χ2n) is 7.89. The normalized spacial score (nSPS) is 19.0. The number of hydrogen-bond donors (Lipinski definition) is 2. The number of para-hydroxylation sites is 1. The van der Waals surface area contributed by atoms with Gasteiger partial charge in [-0.15, -0.1) is 11.3 Å². The molecule has 3 aromatic rings. The molecule has 4 rings (SSSR count). The van der Waals surface area contributed by atoms with Crippen LogP contribution >= 0.6 is 11.3 Å². The van der Waals surface area contributed by atoms with Gasteiger partial charge in [0.1, 0.15) is 6.54 Å². The largest absolute Gasteiger partial charge is 0.405 e. The van der Waals surface area contributed by atoms with Gasteiger partial charge in [-0.1, -0.05) is 31.0 Å². The average molecular weight is 462 g/mol. The molecule has 32 heavy (non-hydrogen) atoms. The maximum Gasteiger partial charge on any atom is 0.405 e. The predicted molar refractivity (Wildman–Crippen MR) is 118 cm³/mol. The van der Waals surface area contributed by atoms with Crippen molar-refractivity contribution in [1.82, 2.24) is 10.3 Å². The molecule has 1 aromatic heterocycles. The lowest BCUT2D eigenvalue weighted by molar-refractivity contribution is -0.123. The Labute approximate surface area is 187 Å².